The van der Waals surface area contributed by atoms with Gasteiger partial charge in [0.1, 0.15) is 5.82 Å². The maximum Gasteiger partial charge on any atom is 0.129 e. The molecule has 21 heavy (non-hydrogen) atoms. The van der Waals surface area contributed by atoms with Gasteiger partial charge in [-0.05, 0) is 35.7 Å². The zero-order valence-electron chi connectivity index (χ0n) is 13.1. The molecule has 1 aliphatic heterocycles. The number of nitrogens with zero attached hydrogens (tertiary/aromatic N) is 2. The molecule has 3 rings (SSSR count). The highest BCUT2D eigenvalue weighted by molar-refractivity contribution is 5.49. The average Bonchev–Trinajstić information content (AvgIpc) is 2.88. The third kappa shape index (κ3) is 3.24. The first-order valence-corrected chi connectivity index (χ1v) is 7.64. The predicted molar refractivity (Wildman–Crippen MR) is 87.3 cm³/mol. The molecule has 1 aromatic heterocycles. The summed E-state index contributed by atoms with van der Waals surface area (Å²) in [4.78, 5) is 7.08. The molecule has 3 heteroatoms. The van der Waals surface area contributed by atoms with Crippen LogP contribution in [0.1, 0.15) is 36.2 Å². The Kier molecular flexibility index (Phi) is 3.93. The highest BCUT2D eigenvalue weighted by atomic mass is 15.2. The van der Waals surface area contributed by atoms with E-state index in [1.807, 2.05) is 0 Å². The topological polar surface area (TPSA) is 28.2 Å². The van der Waals surface area contributed by atoms with Crippen molar-refractivity contribution in [3.05, 3.63) is 58.8 Å². The minimum Gasteiger partial charge on any atom is -0.348 e. The van der Waals surface area contributed by atoms with Gasteiger partial charge in [0.25, 0.3) is 0 Å². The van der Waals surface area contributed by atoms with Crippen LogP contribution in [0.3, 0.4) is 0 Å². The van der Waals surface area contributed by atoms with E-state index >= 15 is 0 Å². The van der Waals surface area contributed by atoms with Crippen molar-refractivity contribution in [2.45, 2.75) is 46.4 Å². The van der Waals surface area contributed by atoms with Gasteiger partial charge in [0.05, 0.1) is 0 Å². The van der Waals surface area contributed by atoms with E-state index in [0.717, 1.165) is 31.1 Å². The number of aryl methyl sites for hydroxylation is 1. The summed E-state index contributed by atoms with van der Waals surface area (Å²) in [6.07, 6.45) is 0. The lowest BCUT2D eigenvalue weighted by Gasteiger charge is -2.18. The number of aromatic nitrogens is 1. The number of anilines is 1. The van der Waals surface area contributed by atoms with E-state index in [1.165, 1.54) is 16.7 Å². The summed E-state index contributed by atoms with van der Waals surface area (Å²) >= 11 is 0. The molecule has 0 atom stereocenters. The Morgan fingerprint density at radius 2 is 1.81 bits per heavy atom. The first kappa shape index (κ1) is 14.1. The molecule has 1 aromatic carbocycles. The molecule has 0 amide bonds. The monoisotopic (exact) mass is 281 g/mol. The van der Waals surface area contributed by atoms with Crippen molar-refractivity contribution in [3.8, 4) is 0 Å². The molecule has 0 saturated carbocycles. The molecule has 1 aliphatic rings. The molecule has 0 bridgehead atoms. The summed E-state index contributed by atoms with van der Waals surface area (Å²) in [5, 5.41) is 3.48. The fourth-order valence-corrected chi connectivity index (χ4v) is 2.80. The third-order valence-corrected chi connectivity index (χ3v) is 3.88. The van der Waals surface area contributed by atoms with E-state index in [-0.39, 0.29) is 0 Å². The second-order valence-corrected chi connectivity index (χ2v) is 6.14. The van der Waals surface area contributed by atoms with Crippen LogP contribution in [0.4, 0.5) is 5.82 Å². The minimum absolute atomic E-state index is 0.498. The molecule has 0 radical (unpaired) electrons. The van der Waals surface area contributed by atoms with Crippen molar-refractivity contribution < 1.29 is 0 Å². The molecule has 0 saturated heterocycles. The van der Waals surface area contributed by atoms with Crippen molar-refractivity contribution >= 4 is 5.82 Å². The first-order chi connectivity index (χ1) is 10.1. The molecule has 3 nitrogen and oxygen atoms in total. The summed E-state index contributed by atoms with van der Waals surface area (Å²) in [6.45, 7) is 9.24. The third-order valence-electron chi connectivity index (χ3n) is 3.88. The van der Waals surface area contributed by atoms with Crippen LogP contribution in [0.25, 0.3) is 0 Å². The van der Waals surface area contributed by atoms with Crippen LogP contribution in [0.2, 0.25) is 0 Å². The van der Waals surface area contributed by atoms with Gasteiger partial charge in [0, 0.05) is 31.4 Å². The summed E-state index contributed by atoms with van der Waals surface area (Å²) in [5.74, 6) is 1.09. The number of rotatable bonds is 4. The van der Waals surface area contributed by atoms with Crippen LogP contribution >= 0.6 is 0 Å². The van der Waals surface area contributed by atoms with Crippen molar-refractivity contribution in [3.63, 3.8) is 0 Å². The number of hydrogen-bond acceptors (Lipinski definition) is 3. The van der Waals surface area contributed by atoms with Gasteiger partial charge in [-0.1, -0.05) is 38.1 Å². The van der Waals surface area contributed by atoms with E-state index in [9.17, 15) is 0 Å². The molecule has 1 N–H and O–H groups in total. The molecule has 2 aromatic rings. The Balaban J connectivity index is 1.80. The molecule has 0 aliphatic carbocycles. The zero-order chi connectivity index (χ0) is 14.8. The highest BCUT2D eigenvalue weighted by Crippen LogP contribution is 2.27. The number of hydrogen-bond donors (Lipinski definition) is 1. The van der Waals surface area contributed by atoms with Gasteiger partial charge in [-0.2, -0.15) is 0 Å². The Bertz CT molecular complexity index is 609. The van der Waals surface area contributed by atoms with Crippen LogP contribution in [-0.2, 0) is 19.6 Å². The lowest BCUT2D eigenvalue weighted by molar-refractivity contribution is 0.588. The normalized spacial score (nSPS) is 13.8. The number of pyridine rings is 1. The number of nitrogens with one attached hydrogen (secondary N) is 1. The van der Waals surface area contributed by atoms with Crippen molar-refractivity contribution in [1.82, 2.24) is 10.3 Å². The lowest BCUT2D eigenvalue weighted by atomic mass is 10.1. The van der Waals surface area contributed by atoms with Gasteiger partial charge < -0.3 is 10.2 Å². The Hall–Kier alpha value is -1.87. The lowest BCUT2D eigenvalue weighted by Crippen LogP contribution is -2.22. The van der Waals surface area contributed by atoms with Gasteiger partial charge in [0.15, 0.2) is 0 Å². The van der Waals surface area contributed by atoms with Crippen LogP contribution < -0.4 is 10.2 Å². The van der Waals surface area contributed by atoms with Crippen LogP contribution in [-0.4, -0.2) is 11.0 Å². The molecular weight excluding hydrogens is 258 g/mol. The fourth-order valence-electron chi connectivity index (χ4n) is 2.80. The van der Waals surface area contributed by atoms with Crippen LogP contribution in [0.15, 0.2) is 36.4 Å². The van der Waals surface area contributed by atoms with E-state index in [4.69, 9.17) is 4.98 Å². The summed E-state index contributed by atoms with van der Waals surface area (Å²) in [6, 6.07) is 13.5. The Labute approximate surface area is 127 Å². The van der Waals surface area contributed by atoms with Crippen molar-refractivity contribution in [1.29, 1.82) is 0 Å². The van der Waals surface area contributed by atoms with Crippen LogP contribution in [0.5, 0.6) is 0 Å². The summed E-state index contributed by atoms with van der Waals surface area (Å²) < 4.78 is 0. The highest BCUT2D eigenvalue weighted by Gasteiger charge is 2.19. The van der Waals surface area contributed by atoms with E-state index in [1.54, 1.807) is 0 Å². The quantitative estimate of drug-likeness (QED) is 0.931. The van der Waals surface area contributed by atoms with Gasteiger partial charge in [-0.25, -0.2) is 4.98 Å². The van der Waals surface area contributed by atoms with E-state index < -0.39 is 0 Å². The number of benzene rings is 1. The van der Waals surface area contributed by atoms with Crippen molar-refractivity contribution in [2.75, 3.05) is 4.90 Å². The second kappa shape index (κ2) is 5.86. The maximum atomic E-state index is 4.72. The fraction of sp³-hybridized carbons (Fsp3) is 0.389. The van der Waals surface area contributed by atoms with Crippen LogP contribution in [0, 0.1) is 6.92 Å². The minimum atomic E-state index is 0.498. The smallest absolute Gasteiger partial charge is 0.129 e. The van der Waals surface area contributed by atoms with Gasteiger partial charge in [0.2, 0.25) is 0 Å². The van der Waals surface area contributed by atoms with Crippen molar-refractivity contribution in [2.24, 2.45) is 0 Å². The molecule has 0 spiro atoms. The van der Waals surface area contributed by atoms with E-state index in [2.05, 4.69) is 67.4 Å². The van der Waals surface area contributed by atoms with E-state index in [0.29, 0.717) is 6.04 Å². The molecular formula is C18H23N3. The summed E-state index contributed by atoms with van der Waals surface area (Å²) in [5.41, 5.74) is 5.23. The SMILES string of the molecule is Cc1cc(CNC(C)C)cc(N2Cc3ccccc3C2)n1. The molecule has 2 heterocycles. The average molecular weight is 281 g/mol. The maximum absolute atomic E-state index is 4.72. The standard InChI is InChI=1S/C18H23N3/c1-13(2)19-10-15-8-14(3)20-18(9-15)21-11-16-6-4-5-7-17(16)12-21/h4-9,13,19H,10-12H2,1-3H3. The summed E-state index contributed by atoms with van der Waals surface area (Å²) in [7, 11) is 0. The Morgan fingerprint density at radius 1 is 1.14 bits per heavy atom. The van der Waals surface area contributed by atoms with Gasteiger partial charge >= 0.3 is 0 Å². The molecule has 110 valence electrons. The largest absolute Gasteiger partial charge is 0.348 e. The van der Waals surface area contributed by atoms with Gasteiger partial charge in [-0.3, -0.25) is 0 Å². The first-order valence-electron chi connectivity index (χ1n) is 7.64. The molecule has 0 unspecified atom stereocenters. The molecule has 0 fully saturated rings. The van der Waals surface area contributed by atoms with Gasteiger partial charge in [-0.15, -0.1) is 0 Å². The predicted octanol–water partition coefficient (Wildman–Crippen LogP) is 3.41. The second-order valence-electron chi connectivity index (χ2n) is 6.14. The number of fused-ring (bicyclic) bond motifs is 1. The zero-order valence-corrected chi connectivity index (χ0v) is 13.1. The Morgan fingerprint density at radius 3 is 2.43 bits per heavy atom.